The van der Waals surface area contributed by atoms with Crippen molar-refractivity contribution in [2.24, 2.45) is 5.92 Å². The molecule has 1 aliphatic heterocycles. The van der Waals surface area contributed by atoms with Gasteiger partial charge in [-0.3, -0.25) is 9.59 Å². The van der Waals surface area contributed by atoms with Gasteiger partial charge in [0, 0.05) is 4.90 Å². The molecular formula is C12H13NO2S. The van der Waals surface area contributed by atoms with E-state index < -0.39 is 5.92 Å². The molecule has 16 heavy (non-hydrogen) atoms. The summed E-state index contributed by atoms with van der Waals surface area (Å²) in [7, 11) is 0. The van der Waals surface area contributed by atoms with Gasteiger partial charge in [0.15, 0.2) is 0 Å². The second-order valence-electron chi connectivity index (χ2n) is 3.79. The highest BCUT2D eigenvalue weighted by molar-refractivity contribution is 7.99. The van der Waals surface area contributed by atoms with Gasteiger partial charge in [0.2, 0.25) is 5.91 Å². The van der Waals surface area contributed by atoms with Crippen LogP contribution in [0.5, 0.6) is 0 Å². The molecule has 84 valence electrons. The number of benzene rings is 1. The molecule has 0 radical (unpaired) electrons. The van der Waals surface area contributed by atoms with Crippen molar-refractivity contribution >= 4 is 29.1 Å². The fourth-order valence-electron chi connectivity index (χ4n) is 1.72. The Hall–Kier alpha value is -1.29. The second-order valence-corrected chi connectivity index (χ2v) is 4.92. The molecule has 0 aliphatic carbocycles. The van der Waals surface area contributed by atoms with E-state index in [0.29, 0.717) is 6.42 Å². The van der Waals surface area contributed by atoms with Crippen molar-refractivity contribution in [3.8, 4) is 0 Å². The Morgan fingerprint density at radius 3 is 2.94 bits per heavy atom. The van der Waals surface area contributed by atoms with E-state index in [1.54, 1.807) is 11.8 Å². The molecule has 1 amide bonds. The van der Waals surface area contributed by atoms with Crippen LogP contribution in [-0.2, 0) is 9.59 Å². The number of rotatable bonds is 1. The molecule has 2 rings (SSSR count). The standard InChI is InChI=1S/C12H13NO2S/c1-8(14)9-6-7-16-11-5-3-2-4-10(11)13-12(9)15/h2-5,9H,6-7H2,1H3,(H,13,15). The van der Waals surface area contributed by atoms with Gasteiger partial charge in [0.25, 0.3) is 0 Å². The van der Waals surface area contributed by atoms with Crippen molar-refractivity contribution in [3.05, 3.63) is 24.3 Å². The molecule has 1 atom stereocenters. The molecule has 1 aliphatic rings. The number of hydrogen-bond donors (Lipinski definition) is 1. The summed E-state index contributed by atoms with van der Waals surface area (Å²) in [6, 6.07) is 7.67. The summed E-state index contributed by atoms with van der Waals surface area (Å²) >= 11 is 1.68. The molecular weight excluding hydrogens is 222 g/mol. The van der Waals surface area contributed by atoms with Crippen LogP contribution >= 0.6 is 11.8 Å². The van der Waals surface area contributed by atoms with E-state index in [9.17, 15) is 9.59 Å². The molecule has 3 nitrogen and oxygen atoms in total. The summed E-state index contributed by atoms with van der Waals surface area (Å²) in [5.41, 5.74) is 0.809. The van der Waals surface area contributed by atoms with Gasteiger partial charge in [0.1, 0.15) is 5.78 Å². The van der Waals surface area contributed by atoms with Crippen LogP contribution in [0.3, 0.4) is 0 Å². The number of nitrogens with one attached hydrogen (secondary N) is 1. The number of carbonyl (C=O) groups is 2. The van der Waals surface area contributed by atoms with Gasteiger partial charge in [-0.05, 0) is 31.2 Å². The van der Waals surface area contributed by atoms with Crippen molar-refractivity contribution < 1.29 is 9.59 Å². The molecule has 0 fully saturated rings. The Labute approximate surface area is 98.6 Å². The molecule has 1 aromatic rings. The largest absolute Gasteiger partial charge is 0.324 e. The van der Waals surface area contributed by atoms with Gasteiger partial charge in [-0.1, -0.05) is 12.1 Å². The first-order chi connectivity index (χ1) is 7.68. The number of anilines is 1. The van der Waals surface area contributed by atoms with E-state index >= 15 is 0 Å². The zero-order chi connectivity index (χ0) is 11.5. The normalized spacial score (nSPS) is 20.3. The molecule has 1 aromatic carbocycles. The minimum atomic E-state index is -0.499. The van der Waals surface area contributed by atoms with E-state index in [1.165, 1.54) is 6.92 Å². The third kappa shape index (κ3) is 2.27. The summed E-state index contributed by atoms with van der Waals surface area (Å²) in [6.45, 7) is 1.47. The minimum absolute atomic E-state index is 0.0579. The van der Waals surface area contributed by atoms with Crippen LogP contribution in [0.4, 0.5) is 5.69 Å². The van der Waals surface area contributed by atoms with Crippen LogP contribution in [0.25, 0.3) is 0 Å². The highest BCUT2D eigenvalue weighted by Gasteiger charge is 2.25. The first-order valence-electron chi connectivity index (χ1n) is 5.21. The fourth-order valence-corrected chi connectivity index (χ4v) is 2.74. The summed E-state index contributed by atoms with van der Waals surface area (Å²) in [6.07, 6.45) is 0.611. The molecule has 1 heterocycles. The Bertz CT molecular complexity index is 431. The van der Waals surface area contributed by atoms with Crippen LogP contribution in [-0.4, -0.2) is 17.4 Å². The van der Waals surface area contributed by atoms with Crippen LogP contribution < -0.4 is 5.32 Å². The number of hydrogen-bond acceptors (Lipinski definition) is 3. The number of para-hydroxylation sites is 1. The lowest BCUT2D eigenvalue weighted by atomic mass is 10.0. The van der Waals surface area contributed by atoms with E-state index in [-0.39, 0.29) is 11.7 Å². The van der Waals surface area contributed by atoms with Gasteiger partial charge in [-0.15, -0.1) is 11.8 Å². The van der Waals surface area contributed by atoms with Gasteiger partial charge in [0.05, 0.1) is 11.6 Å². The highest BCUT2D eigenvalue weighted by Crippen LogP contribution is 2.31. The van der Waals surface area contributed by atoms with Crippen LogP contribution in [0, 0.1) is 5.92 Å². The average Bonchev–Trinajstić information content (AvgIpc) is 2.22. The number of Topliss-reactive ketones (excluding diaryl/α,β-unsaturated/α-hetero) is 1. The minimum Gasteiger partial charge on any atom is -0.324 e. The van der Waals surface area contributed by atoms with E-state index in [1.807, 2.05) is 24.3 Å². The zero-order valence-corrected chi connectivity index (χ0v) is 9.84. The maximum atomic E-state index is 11.8. The number of fused-ring (bicyclic) bond motifs is 1. The van der Waals surface area contributed by atoms with Gasteiger partial charge in [-0.2, -0.15) is 0 Å². The van der Waals surface area contributed by atoms with E-state index in [2.05, 4.69) is 5.32 Å². The summed E-state index contributed by atoms with van der Waals surface area (Å²) in [5.74, 6) is 0.0629. The molecule has 0 aromatic heterocycles. The van der Waals surface area contributed by atoms with Crippen molar-refractivity contribution in [1.29, 1.82) is 0 Å². The van der Waals surface area contributed by atoms with Crippen molar-refractivity contribution in [3.63, 3.8) is 0 Å². The summed E-state index contributed by atoms with van der Waals surface area (Å²) in [5, 5.41) is 2.81. The lowest BCUT2D eigenvalue weighted by Crippen LogP contribution is -2.30. The summed E-state index contributed by atoms with van der Waals surface area (Å²) < 4.78 is 0. The predicted molar refractivity (Wildman–Crippen MR) is 64.6 cm³/mol. The maximum absolute atomic E-state index is 11.8. The molecule has 4 heteroatoms. The first-order valence-corrected chi connectivity index (χ1v) is 6.20. The maximum Gasteiger partial charge on any atom is 0.234 e. The monoisotopic (exact) mass is 235 g/mol. The Kier molecular flexibility index (Phi) is 3.29. The molecule has 0 spiro atoms. The lowest BCUT2D eigenvalue weighted by Gasteiger charge is -2.19. The first kappa shape index (κ1) is 11.2. The quantitative estimate of drug-likeness (QED) is 0.760. The van der Waals surface area contributed by atoms with Crippen molar-refractivity contribution in [2.75, 3.05) is 11.1 Å². The van der Waals surface area contributed by atoms with Crippen LogP contribution in [0.1, 0.15) is 13.3 Å². The topological polar surface area (TPSA) is 46.2 Å². The molecule has 0 saturated carbocycles. The van der Waals surface area contributed by atoms with Gasteiger partial charge >= 0.3 is 0 Å². The third-order valence-electron chi connectivity index (χ3n) is 2.62. The number of ketones is 1. The number of amides is 1. The Morgan fingerprint density at radius 2 is 2.19 bits per heavy atom. The van der Waals surface area contributed by atoms with Crippen LogP contribution in [0.15, 0.2) is 29.2 Å². The SMILES string of the molecule is CC(=O)C1CCSc2ccccc2NC1=O. The summed E-state index contributed by atoms with van der Waals surface area (Å²) in [4.78, 5) is 24.2. The number of thioether (sulfide) groups is 1. The van der Waals surface area contributed by atoms with E-state index in [4.69, 9.17) is 0 Å². The second kappa shape index (κ2) is 4.70. The predicted octanol–water partition coefficient (Wildman–Crippen LogP) is 2.33. The number of carbonyl (C=O) groups excluding carboxylic acids is 2. The van der Waals surface area contributed by atoms with E-state index in [0.717, 1.165) is 16.3 Å². The van der Waals surface area contributed by atoms with Crippen molar-refractivity contribution in [2.45, 2.75) is 18.2 Å². The smallest absolute Gasteiger partial charge is 0.234 e. The molecule has 0 bridgehead atoms. The molecule has 0 saturated heterocycles. The lowest BCUT2D eigenvalue weighted by molar-refractivity contribution is -0.129. The average molecular weight is 235 g/mol. The van der Waals surface area contributed by atoms with Gasteiger partial charge in [-0.25, -0.2) is 0 Å². The van der Waals surface area contributed by atoms with Gasteiger partial charge < -0.3 is 5.32 Å². The highest BCUT2D eigenvalue weighted by atomic mass is 32.2. The zero-order valence-electron chi connectivity index (χ0n) is 9.03. The Morgan fingerprint density at radius 1 is 1.44 bits per heavy atom. The van der Waals surface area contributed by atoms with Crippen LogP contribution in [0.2, 0.25) is 0 Å². The third-order valence-corrected chi connectivity index (χ3v) is 3.72. The van der Waals surface area contributed by atoms with Crippen molar-refractivity contribution in [1.82, 2.24) is 0 Å². The molecule has 1 N–H and O–H groups in total. The molecule has 1 unspecified atom stereocenters. The fraction of sp³-hybridized carbons (Fsp3) is 0.333. The Balaban J connectivity index is 2.27.